The standard InChI is InChI=1S/C16H23N3OS/c1-17-13-5-3-4-11(13)8-9-21-16-18-14-7-6-12(20-2)10-15(14)19-16/h6-7,10-11,13,17H,3-5,8-9H2,1-2H3,(H,18,19). The van der Waals surface area contributed by atoms with Crippen LogP contribution in [0.25, 0.3) is 11.0 Å². The number of benzene rings is 1. The molecule has 2 N–H and O–H groups in total. The van der Waals surface area contributed by atoms with Gasteiger partial charge in [0.1, 0.15) is 5.75 Å². The zero-order chi connectivity index (χ0) is 14.7. The molecule has 4 nitrogen and oxygen atoms in total. The van der Waals surface area contributed by atoms with Gasteiger partial charge in [-0.25, -0.2) is 4.98 Å². The summed E-state index contributed by atoms with van der Waals surface area (Å²) < 4.78 is 5.24. The van der Waals surface area contributed by atoms with Gasteiger partial charge in [-0.1, -0.05) is 18.2 Å². The summed E-state index contributed by atoms with van der Waals surface area (Å²) in [5.74, 6) is 2.82. The molecule has 0 aliphatic heterocycles. The molecule has 3 rings (SSSR count). The number of methoxy groups -OCH3 is 1. The van der Waals surface area contributed by atoms with E-state index in [0.717, 1.165) is 33.6 Å². The lowest BCUT2D eigenvalue weighted by Gasteiger charge is -2.18. The molecule has 1 aromatic heterocycles. The monoisotopic (exact) mass is 305 g/mol. The van der Waals surface area contributed by atoms with Gasteiger partial charge in [-0.2, -0.15) is 0 Å². The van der Waals surface area contributed by atoms with E-state index in [0.29, 0.717) is 6.04 Å². The molecule has 5 heteroatoms. The lowest BCUT2D eigenvalue weighted by Crippen LogP contribution is -2.29. The molecule has 1 saturated carbocycles. The fourth-order valence-corrected chi connectivity index (χ4v) is 4.19. The van der Waals surface area contributed by atoms with Gasteiger partial charge < -0.3 is 15.0 Å². The molecule has 0 saturated heterocycles. The van der Waals surface area contributed by atoms with Crippen molar-refractivity contribution in [2.75, 3.05) is 19.9 Å². The van der Waals surface area contributed by atoms with Gasteiger partial charge in [0.2, 0.25) is 0 Å². The third-order valence-corrected chi connectivity index (χ3v) is 5.33. The highest BCUT2D eigenvalue weighted by Crippen LogP contribution is 2.31. The van der Waals surface area contributed by atoms with E-state index in [2.05, 4.69) is 22.3 Å². The van der Waals surface area contributed by atoms with Crippen molar-refractivity contribution in [1.82, 2.24) is 15.3 Å². The molecule has 1 heterocycles. The molecule has 21 heavy (non-hydrogen) atoms. The molecule has 2 atom stereocenters. The minimum Gasteiger partial charge on any atom is -0.497 e. The minimum atomic E-state index is 0.713. The van der Waals surface area contributed by atoms with E-state index in [1.165, 1.54) is 25.7 Å². The van der Waals surface area contributed by atoms with Gasteiger partial charge in [0, 0.05) is 17.9 Å². The number of hydrogen-bond donors (Lipinski definition) is 2. The minimum absolute atomic E-state index is 0.713. The summed E-state index contributed by atoms with van der Waals surface area (Å²) in [6.07, 6.45) is 5.32. The first-order chi connectivity index (χ1) is 10.3. The third-order valence-electron chi connectivity index (χ3n) is 4.42. The number of ether oxygens (including phenoxy) is 1. The Bertz CT molecular complexity index is 598. The summed E-state index contributed by atoms with van der Waals surface area (Å²) in [6, 6.07) is 6.67. The second-order valence-electron chi connectivity index (χ2n) is 5.65. The van der Waals surface area contributed by atoms with Crippen LogP contribution in [0.1, 0.15) is 25.7 Å². The molecule has 0 amide bonds. The Labute approximate surface area is 130 Å². The number of hydrogen-bond acceptors (Lipinski definition) is 4. The second-order valence-corrected chi connectivity index (χ2v) is 6.73. The van der Waals surface area contributed by atoms with Crippen molar-refractivity contribution in [3.8, 4) is 5.75 Å². The summed E-state index contributed by atoms with van der Waals surface area (Å²) >= 11 is 1.82. The van der Waals surface area contributed by atoms with E-state index in [1.54, 1.807) is 7.11 Å². The normalized spacial score (nSPS) is 22.0. The Morgan fingerprint density at radius 3 is 3.14 bits per heavy atom. The SMILES string of the molecule is CNC1CCCC1CCSc1nc2ccc(OC)cc2[nH]1. The van der Waals surface area contributed by atoms with Gasteiger partial charge in [-0.3, -0.25) is 0 Å². The van der Waals surface area contributed by atoms with Crippen LogP contribution in [0, 0.1) is 5.92 Å². The molecule has 1 aromatic carbocycles. The number of imidazole rings is 1. The summed E-state index contributed by atoms with van der Waals surface area (Å²) in [5, 5.41) is 4.46. The van der Waals surface area contributed by atoms with Gasteiger partial charge in [0.25, 0.3) is 0 Å². The molecular weight excluding hydrogens is 282 g/mol. The average Bonchev–Trinajstić information content (AvgIpc) is 3.12. The van der Waals surface area contributed by atoms with Crippen LogP contribution < -0.4 is 10.1 Å². The topological polar surface area (TPSA) is 49.9 Å². The van der Waals surface area contributed by atoms with Gasteiger partial charge in [-0.15, -0.1) is 0 Å². The number of H-pyrrole nitrogens is 1. The van der Waals surface area contributed by atoms with Crippen molar-refractivity contribution in [3.63, 3.8) is 0 Å². The summed E-state index contributed by atoms with van der Waals surface area (Å²) in [5.41, 5.74) is 2.05. The van der Waals surface area contributed by atoms with Crippen LogP contribution in [0.4, 0.5) is 0 Å². The quantitative estimate of drug-likeness (QED) is 0.803. The van der Waals surface area contributed by atoms with Crippen LogP contribution in [0.3, 0.4) is 0 Å². The van der Waals surface area contributed by atoms with Gasteiger partial charge in [-0.05, 0) is 44.4 Å². The highest BCUT2D eigenvalue weighted by Gasteiger charge is 2.25. The number of nitrogens with one attached hydrogen (secondary N) is 2. The van der Waals surface area contributed by atoms with Gasteiger partial charge >= 0.3 is 0 Å². The zero-order valence-electron chi connectivity index (χ0n) is 12.7. The number of thioether (sulfide) groups is 1. The van der Waals surface area contributed by atoms with Crippen molar-refractivity contribution in [1.29, 1.82) is 0 Å². The first-order valence-electron chi connectivity index (χ1n) is 7.64. The number of nitrogens with zero attached hydrogens (tertiary/aromatic N) is 1. The van der Waals surface area contributed by atoms with Crippen LogP contribution in [-0.2, 0) is 0 Å². The first-order valence-corrected chi connectivity index (χ1v) is 8.62. The van der Waals surface area contributed by atoms with Crippen molar-refractivity contribution in [2.45, 2.75) is 36.9 Å². The van der Waals surface area contributed by atoms with Gasteiger partial charge in [0.05, 0.1) is 18.1 Å². The molecule has 0 radical (unpaired) electrons. The molecule has 114 valence electrons. The maximum absolute atomic E-state index is 5.24. The lowest BCUT2D eigenvalue weighted by atomic mass is 10.0. The summed E-state index contributed by atoms with van der Waals surface area (Å²) in [7, 11) is 3.77. The Morgan fingerprint density at radius 1 is 1.43 bits per heavy atom. The fraction of sp³-hybridized carbons (Fsp3) is 0.562. The van der Waals surface area contributed by atoms with Crippen LogP contribution in [0.15, 0.2) is 23.4 Å². The average molecular weight is 305 g/mol. The maximum Gasteiger partial charge on any atom is 0.166 e. The van der Waals surface area contributed by atoms with Crippen LogP contribution in [0.5, 0.6) is 5.75 Å². The molecule has 1 aliphatic carbocycles. The molecule has 1 aliphatic rings. The molecule has 0 bridgehead atoms. The van der Waals surface area contributed by atoms with Crippen LogP contribution in [0.2, 0.25) is 0 Å². The largest absolute Gasteiger partial charge is 0.497 e. The Kier molecular flexibility index (Phi) is 4.70. The Balaban J connectivity index is 1.58. The van der Waals surface area contributed by atoms with E-state index < -0.39 is 0 Å². The molecule has 0 spiro atoms. The lowest BCUT2D eigenvalue weighted by molar-refractivity contribution is 0.415. The first kappa shape index (κ1) is 14.7. The Hall–Kier alpha value is -1.20. The predicted molar refractivity (Wildman–Crippen MR) is 88.2 cm³/mol. The van der Waals surface area contributed by atoms with Crippen molar-refractivity contribution in [2.24, 2.45) is 5.92 Å². The number of aromatic nitrogens is 2. The van der Waals surface area contributed by atoms with E-state index in [1.807, 2.05) is 30.0 Å². The highest BCUT2D eigenvalue weighted by molar-refractivity contribution is 7.99. The van der Waals surface area contributed by atoms with Crippen molar-refractivity contribution < 1.29 is 4.74 Å². The second kappa shape index (κ2) is 6.71. The van der Waals surface area contributed by atoms with Crippen LogP contribution in [-0.4, -0.2) is 35.9 Å². The van der Waals surface area contributed by atoms with E-state index in [-0.39, 0.29) is 0 Å². The van der Waals surface area contributed by atoms with E-state index >= 15 is 0 Å². The fourth-order valence-electron chi connectivity index (χ4n) is 3.23. The van der Waals surface area contributed by atoms with Crippen molar-refractivity contribution >= 4 is 22.8 Å². The molecule has 1 fully saturated rings. The maximum atomic E-state index is 5.24. The van der Waals surface area contributed by atoms with Crippen molar-refractivity contribution in [3.05, 3.63) is 18.2 Å². The van der Waals surface area contributed by atoms with Crippen LogP contribution >= 0.6 is 11.8 Å². The summed E-state index contributed by atoms with van der Waals surface area (Å²) in [6.45, 7) is 0. The highest BCUT2D eigenvalue weighted by atomic mass is 32.2. The number of aromatic amines is 1. The Morgan fingerprint density at radius 2 is 2.33 bits per heavy atom. The smallest absolute Gasteiger partial charge is 0.166 e. The molecular formula is C16H23N3OS. The van der Waals surface area contributed by atoms with E-state index in [4.69, 9.17) is 4.74 Å². The predicted octanol–water partition coefficient (Wildman–Crippen LogP) is 3.44. The molecule has 2 aromatic rings. The number of rotatable bonds is 6. The van der Waals surface area contributed by atoms with Gasteiger partial charge in [0.15, 0.2) is 5.16 Å². The summed E-state index contributed by atoms with van der Waals surface area (Å²) in [4.78, 5) is 8.00. The third kappa shape index (κ3) is 3.35. The molecule has 2 unspecified atom stereocenters. The zero-order valence-corrected chi connectivity index (χ0v) is 13.5. The van der Waals surface area contributed by atoms with E-state index in [9.17, 15) is 0 Å². The number of fused-ring (bicyclic) bond motifs is 1.